The van der Waals surface area contributed by atoms with E-state index in [0.717, 1.165) is 17.1 Å². The number of hydrogen-bond donors (Lipinski definition) is 2. The maximum Gasteiger partial charge on any atom is 0.124 e. The molecule has 0 saturated heterocycles. The third-order valence-electron chi connectivity index (χ3n) is 3.32. The largest absolute Gasteiger partial charge is 0.391 e. The van der Waals surface area contributed by atoms with Crippen LogP contribution >= 0.6 is 22.7 Å². The lowest BCUT2D eigenvalue weighted by Gasteiger charge is -2.11. The fourth-order valence-electron chi connectivity index (χ4n) is 2.23. The van der Waals surface area contributed by atoms with Gasteiger partial charge in [-0.15, -0.1) is 11.3 Å². The van der Waals surface area contributed by atoms with E-state index in [1.54, 1.807) is 22.7 Å². The van der Waals surface area contributed by atoms with Crippen molar-refractivity contribution in [3.05, 3.63) is 63.8 Å². The Kier molecular flexibility index (Phi) is 5.34. The number of benzene rings is 1. The first-order chi connectivity index (χ1) is 10.8. The van der Waals surface area contributed by atoms with Gasteiger partial charge in [0.1, 0.15) is 5.01 Å². The number of hydrogen-bond acceptors (Lipinski definition) is 5. The molecule has 5 heteroatoms. The number of rotatable bonds is 7. The molecule has 1 atom stereocenters. The van der Waals surface area contributed by atoms with E-state index >= 15 is 0 Å². The van der Waals surface area contributed by atoms with Crippen LogP contribution in [-0.2, 0) is 13.0 Å². The highest BCUT2D eigenvalue weighted by Crippen LogP contribution is 2.26. The number of thiazole rings is 1. The average Bonchev–Trinajstić information content (AvgIpc) is 3.19. The molecule has 0 amide bonds. The summed E-state index contributed by atoms with van der Waals surface area (Å²) in [5.74, 6) is 0. The second-order valence-corrected chi connectivity index (χ2v) is 7.01. The van der Waals surface area contributed by atoms with Gasteiger partial charge in [0, 0.05) is 35.1 Å². The third kappa shape index (κ3) is 4.24. The number of aliphatic hydroxyl groups is 1. The van der Waals surface area contributed by atoms with Crippen molar-refractivity contribution in [2.45, 2.75) is 19.1 Å². The lowest BCUT2D eigenvalue weighted by Crippen LogP contribution is -2.27. The van der Waals surface area contributed by atoms with Gasteiger partial charge in [0.15, 0.2) is 0 Å². The second kappa shape index (κ2) is 7.65. The molecule has 1 aromatic carbocycles. The van der Waals surface area contributed by atoms with E-state index in [4.69, 9.17) is 0 Å². The van der Waals surface area contributed by atoms with E-state index in [1.807, 2.05) is 36.5 Å². The Morgan fingerprint density at radius 3 is 2.82 bits per heavy atom. The summed E-state index contributed by atoms with van der Waals surface area (Å²) in [6.07, 6.45) is 2.22. The van der Waals surface area contributed by atoms with Crippen molar-refractivity contribution in [1.82, 2.24) is 10.3 Å². The summed E-state index contributed by atoms with van der Waals surface area (Å²) >= 11 is 3.38. The molecule has 0 aliphatic rings. The molecular weight excluding hydrogens is 312 g/mol. The summed E-state index contributed by atoms with van der Waals surface area (Å²) in [7, 11) is 0. The molecule has 114 valence electrons. The maximum absolute atomic E-state index is 10.1. The zero-order valence-corrected chi connectivity index (χ0v) is 13.7. The Balaban J connectivity index is 1.45. The molecule has 0 radical (unpaired) electrons. The summed E-state index contributed by atoms with van der Waals surface area (Å²) in [5, 5.41) is 18.6. The van der Waals surface area contributed by atoms with Gasteiger partial charge in [-0.2, -0.15) is 11.3 Å². The van der Waals surface area contributed by atoms with Crippen molar-refractivity contribution in [1.29, 1.82) is 0 Å². The first kappa shape index (κ1) is 15.4. The van der Waals surface area contributed by atoms with Crippen molar-refractivity contribution in [2.24, 2.45) is 0 Å². The van der Waals surface area contributed by atoms with Crippen LogP contribution in [0.5, 0.6) is 0 Å². The van der Waals surface area contributed by atoms with Crippen molar-refractivity contribution >= 4 is 22.7 Å². The molecule has 0 saturated carbocycles. The summed E-state index contributed by atoms with van der Waals surface area (Å²) in [5.41, 5.74) is 2.35. The Bertz CT molecular complexity index is 680. The number of thiophene rings is 1. The van der Waals surface area contributed by atoms with E-state index in [-0.39, 0.29) is 6.10 Å². The highest BCUT2D eigenvalue weighted by Gasteiger charge is 2.07. The maximum atomic E-state index is 10.1. The van der Waals surface area contributed by atoms with Gasteiger partial charge in [-0.1, -0.05) is 30.3 Å². The van der Waals surface area contributed by atoms with Crippen LogP contribution in [0, 0.1) is 0 Å². The Morgan fingerprint density at radius 1 is 1.18 bits per heavy atom. The zero-order chi connectivity index (χ0) is 15.2. The Hall–Kier alpha value is -1.53. The van der Waals surface area contributed by atoms with Crippen LogP contribution < -0.4 is 5.32 Å². The van der Waals surface area contributed by atoms with Gasteiger partial charge in [-0.25, -0.2) is 4.98 Å². The quantitative estimate of drug-likeness (QED) is 0.696. The van der Waals surface area contributed by atoms with E-state index in [0.29, 0.717) is 13.0 Å². The molecule has 0 fully saturated rings. The molecule has 2 heterocycles. The molecule has 0 aliphatic carbocycles. The topological polar surface area (TPSA) is 45.1 Å². The van der Waals surface area contributed by atoms with Gasteiger partial charge in [0.2, 0.25) is 0 Å². The second-order valence-electron chi connectivity index (χ2n) is 5.12. The minimum Gasteiger partial charge on any atom is -0.391 e. The predicted molar refractivity (Wildman–Crippen MR) is 93.3 cm³/mol. The summed E-state index contributed by atoms with van der Waals surface area (Å²) in [4.78, 5) is 5.63. The molecule has 2 N–H and O–H groups in total. The van der Waals surface area contributed by atoms with Crippen molar-refractivity contribution in [2.75, 3.05) is 6.54 Å². The van der Waals surface area contributed by atoms with Crippen molar-refractivity contribution in [3.8, 4) is 10.6 Å². The standard InChI is InChI=1S/C17H18N2OS2/c20-15(8-13-4-2-1-3-5-13)9-18-10-16-11-19-17(22-16)14-6-7-21-12-14/h1-7,11-12,15,18,20H,8-10H2. The fourth-order valence-corrected chi connectivity index (χ4v) is 3.82. The Labute approximate surface area is 138 Å². The molecular formula is C17H18N2OS2. The number of nitrogens with one attached hydrogen (secondary N) is 1. The first-order valence-corrected chi connectivity index (χ1v) is 8.97. The van der Waals surface area contributed by atoms with E-state index < -0.39 is 0 Å². The van der Waals surface area contributed by atoms with Crippen LogP contribution in [0.2, 0.25) is 0 Å². The van der Waals surface area contributed by atoms with Crippen molar-refractivity contribution < 1.29 is 5.11 Å². The summed E-state index contributed by atoms with van der Waals surface area (Å²) in [6.45, 7) is 1.33. The molecule has 0 aliphatic heterocycles. The monoisotopic (exact) mass is 330 g/mol. The minimum absolute atomic E-state index is 0.369. The zero-order valence-electron chi connectivity index (χ0n) is 12.1. The van der Waals surface area contributed by atoms with Crippen LogP contribution in [0.1, 0.15) is 10.4 Å². The molecule has 0 spiro atoms. The van der Waals surface area contributed by atoms with Crippen LogP contribution in [0.15, 0.2) is 53.4 Å². The molecule has 0 bridgehead atoms. The van der Waals surface area contributed by atoms with Gasteiger partial charge in [0.25, 0.3) is 0 Å². The highest BCUT2D eigenvalue weighted by atomic mass is 32.1. The molecule has 3 nitrogen and oxygen atoms in total. The third-order valence-corrected chi connectivity index (χ3v) is 5.04. The normalized spacial score (nSPS) is 12.4. The van der Waals surface area contributed by atoms with E-state index in [2.05, 4.69) is 27.1 Å². The van der Waals surface area contributed by atoms with Gasteiger partial charge in [0.05, 0.1) is 6.10 Å². The van der Waals surface area contributed by atoms with E-state index in [1.165, 1.54) is 10.4 Å². The molecule has 22 heavy (non-hydrogen) atoms. The minimum atomic E-state index is -0.369. The van der Waals surface area contributed by atoms with Gasteiger partial charge in [-0.3, -0.25) is 0 Å². The molecule has 3 rings (SSSR count). The SMILES string of the molecule is OC(CNCc1cnc(-c2ccsc2)s1)Cc1ccccc1. The van der Waals surface area contributed by atoms with Gasteiger partial charge in [-0.05, 0) is 23.4 Å². The number of aromatic nitrogens is 1. The highest BCUT2D eigenvalue weighted by molar-refractivity contribution is 7.15. The van der Waals surface area contributed by atoms with Gasteiger partial charge < -0.3 is 10.4 Å². The molecule has 3 aromatic rings. The predicted octanol–water partition coefficient (Wildman–Crippen LogP) is 3.56. The first-order valence-electron chi connectivity index (χ1n) is 7.21. The lowest BCUT2D eigenvalue weighted by atomic mass is 10.1. The van der Waals surface area contributed by atoms with E-state index in [9.17, 15) is 5.11 Å². The summed E-state index contributed by atoms with van der Waals surface area (Å²) < 4.78 is 0. The molecule has 2 aromatic heterocycles. The van der Waals surface area contributed by atoms with Crippen LogP contribution in [0.25, 0.3) is 10.6 Å². The van der Waals surface area contributed by atoms with Crippen molar-refractivity contribution in [3.63, 3.8) is 0 Å². The van der Waals surface area contributed by atoms with Crippen LogP contribution in [0.4, 0.5) is 0 Å². The average molecular weight is 330 g/mol. The van der Waals surface area contributed by atoms with Crippen LogP contribution in [-0.4, -0.2) is 22.7 Å². The fraction of sp³-hybridized carbons (Fsp3) is 0.235. The summed E-state index contributed by atoms with van der Waals surface area (Å²) in [6, 6.07) is 12.2. The molecule has 1 unspecified atom stereocenters. The number of aliphatic hydroxyl groups excluding tert-OH is 1. The van der Waals surface area contributed by atoms with Gasteiger partial charge >= 0.3 is 0 Å². The lowest BCUT2D eigenvalue weighted by molar-refractivity contribution is 0.171. The number of nitrogens with zero attached hydrogens (tertiary/aromatic N) is 1. The smallest absolute Gasteiger partial charge is 0.124 e. The van der Waals surface area contributed by atoms with Crippen LogP contribution in [0.3, 0.4) is 0 Å². The Morgan fingerprint density at radius 2 is 2.05 bits per heavy atom.